The van der Waals surface area contributed by atoms with Gasteiger partial charge in [-0.3, -0.25) is 0 Å². The topological polar surface area (TPSA) is 74.2 Å². The molecule has 0 spiro atoms. The van der Waals surface area contributed by atoms with Gasteiger partial charge < -0.3 is 15.0 Å². The first-order chi connectivity index (χ1) is 9.76. The first-order valence-electron chi connectivity index (χ1n) is 7.11. The van der Waals surface area contributed by atoms with E-state index in [1.54, 1.807) is 0 Å². The molecule has 0 radical (unpaired) electrons. The summed E-state index contributed by atoms with van der Waals surface area (Å²) in [4.78, 5) is 4.56. The van der Waals surface area contributed by atoms with Crippen LogP contribution in [0, 0.1) is 0 Å². The van der Waals surface area contributed by atoms with Crippen LogP contribution in [0.4, 0.5) is 0 Å². The lowest BCUT2D eigenvalue weighted by Gasteiger charge is -2.17. The van der Waals surface area contributed by atoms with E-state index in [4.69, 9.17) is 15.0 Å². The fraction of sp³-hybridized carbons (Fsp3) is 0.467. The molecule has 20 heavy (non-hydrogen) atoms. The van der Waals surface area contributed by atoms with Gasteiger partial charge in [-0.25, -0.2) is 0 Å². The average molecular weight is 271 g/mol. The van der Waals surface area contributed by atoms with Crippen molar-refractivity contribution in [3.05, 3.63) is 41.5 Å². The number of rotatable bonds is 2. The van der Waals surface area contributed by atoms with Crippen molar-refractivity contribution >= 4 is 0 Å². The summed E-state index contributed by atoms with van der Waals surface area (Å²) < 4.78 is 11.1. The Morgan fingerprint density at radius 2 is 2.00 bits per heavy atom. The van der Waals surface area contributed by atoms with E-state index in [-0.39, 0.29) is 5.92 Å². The fourth-order valence-corrected chi connectivity index (χ4v) is 3.17. The zero-order valence-electron chi connectivity index (χ0n) is 11.2. The van der Waals surface area contributed by atoms with Crippen molar-refractivity contribution in [1.29, 1.82) is 0 Å². The van der Waals surface area contributed by atoms with Gasteiger partial charge in [-0.15, -0.1) is 0 Å². The third kappa shape index (κ3) is 1.73. The molecule has 1 aliphatic heterocycles. The highest BCUT2D eigenvalue weighted by molar-refractivity contribution is 5.42. The summed E-state index contributed by atoms with van der Waals surface area (Å²) in [5, 5.41) is 4.14. The minimum atomic E-state index is -0.426. The van der Waals surface area contributed by atoms with Crippen molar-refractivity contribution in [3.63, 3.8) is 0 Å². The normalized spacial score (nSPS) is 23.6. The zero-order valence-corrected chi connectivity index (χ0v) is 11.2. The maximum absolute atomic E-state index is 6.36. The van der Waals surface area contributed by atoms with E-state index in [0.717, 1.165) is 37.0 Å². The summed E-state index contributed by atoms with van der Waals surface area (Å²) in [6, 6.07) is 7.99. The molecule has 1 saturated carbocycles. The Kier molecular flexibility index (Phi) is 2.57. The van der Waals surface area contributed by atoms with Crippen molar-refractivity contribution < 1.29 is 9.26 Å². The van der Waals surface area contributed by atoms with Crippen molar-refractivity contribution in [3.8, 4) is 5.75 Å². The molecule has 5 heteroatoms. The van der Waals surface area contributed by atoms with E-state index in [0.29, 0.717) is 18.3 Å². The molecule has 4 rings (SSSR count). The molecule has 2 heterocycles. The van der Waals surface area contributed by atoms with Gasteiger partial charge in [0.05, 0.1) is 11.5 Å². The number of nitrogens with zero attached hydrogens (tertiary/aromatic N) is 2. The van der Waals surface area contributed by atoms with Crippen molar-refractivity contribution in [1.82, 2.24) is 10.1 Å². The van der Waals surface area contributed by atoms with Crippen LogP contribution in [0.15, 0.2) is 28.8 Å². The quantitative estimate of drug-likeness (QED) is 0.907. The van der Waals surface area contributed by atoms with Gasteiger partial charge >= 0.3 is 0 Å². The van der Waals surface area contributed by atoms with E-state index in [9.17, 15) is 0 Å². The Hall–Kier alpha value is -1.88. The van der Waals surface area contributed by atoms with Gasteiger partial charge in [-0.05, 0) is 18.9 Å². The highest BCUT2D eigenvalue weighted by Crippen LogP contribution is 2.39. The summed E-state index contributed by atoms with van der Waals surface area (Å²) in [6.45, 7) is 0.565. The van der Waals surface area contributed by atoms with Crippen LogP contribution in [0.5, 0.6) is 5.75 Å². The summed E-state index contributed by atoms with van der Waals surface area (Å²) in [5.41, 5.74) is 7.06. The first kappa shape index (κ1) is 11.9. The van der Waals surface area contributed by atoms with Crippen LogP contribution < -0.4 is 10.5 Å². The Labute approximate surface area is 117 Å². The lowest BCUT2D eigenvalue weighted by atomic mass is 9.98. The molecule has 2 aromatic rings. The van der Waals surface area contributed by atoms with E-state index >= 15 is 0 Å². The maximum Gasteiger partial charge on any atom is 0.246 e. The first-order valence-corrected chi connectivity index (χ1v) is 7.11. The molecule has 1 unspecified atom stereocenters. The molecule has 1 aromatic heterocycles. The van der Waals surface area contributed by atoms with E-state index in [1.807, 2.05) is 18.2 Å². The number of aromatic nitrogens is 2. The summed E-state index contributed by atoms with van der Waals surface area (Å²) in [5.74, 6) is 2.22. The van der Waals surface area contributed by atoms with Crippen molar-refractivity contribution in [2.45, 2.75) is 37.1 Å². The molecule has 1 aliphatic carbocycles. The van der Waals surface area contributed by atoms with Gasteiger partial charge in [0.2, 0.25) is 5.89 Å². The monoisotopic (exact) mass is 271 g/mol. The molecule has 5 nitrogen and oxygen atoms in total. The largest absolute Gasteiger partial charge is 0.492 e. The van der Waals surface area contributed by atoms with Crippen LogP contribution in [-0.2, 0) is 5.54 Å². The third-order valence-corrected chi connectivity index (χ3v) is 4.38. The predicted octanol–water partition coefficient (Wildman–Crippen LogP) is 2.32. The van der Waals surface area contributed by atoms with Crippen LogP contribution >= 0.6 is 0 Å². The van der Waals surface area contributed by atoms with Crippen LogP contribution in [-0.4, -0.2) is 16.7 Å². The van der Waals surface area contributed by atoms with Crippen LogP contribution in [0.3, 0.4) is 0 Å². The molecule has 2 N–H and O–H groups in total. The number of nitrogens with two attached hydrogens (primary N) is 1. The molecule has 1 atom stereocenters. The van der Waals surface area contributed by atoms with Gasteiger partial charge in [0.15, 0.2) is 5.82 Å². The van der Waals surface area contributed by atoms with E-state index in [2.05, 4.69) is 16.2 Å². The standard InChI is InChI=1S/C15H17N3O2/c16-15(7-3-4-8-15)14-17-13(18-20-14)11-9-19-12-6-2-1-5-10(11)12/h1-2,5-6,11H,3-4,7-9,16H2. The van der Waals surface area contributed by atoms with Gasteiger partial charge in [0, 0.05) is 5.56 Å². The number of hydrogen-bond acceptors (Lipinski definition) is 5. The summed E-state index contributed by atoms with van der Waals surface area (Å²) in [6.07, 6.45) is 4.10. The Bertz CT molecular complexity index is 632. The fourth-order valence-electron chi connectivity index (χ4n) is 3.17. The molecule has 0 saturated heterocycles. The molecule has 104 valence electrons. The molecular formula is C15H17N3O2. The second-order valence-corrected chi connectivity index (χ2v) is 5.72. The number of para-hydroxylation sites is 1. The molecule has 2 aliphatic rings. The van der Waals surface area contributed by atoms with Gasteiger partial charge in [-0.2, -0.15) is 4.98 Å². The zero-order chi connectivity index (χ0) is 13.6. The highest BCUT2D eigenvalue weighted by atomic mass is 16.5. The van der Waals surface area contributed by atoms with Gasteiger partial charge in [0.1, 0.15) is 12.4 Å². The van der Waals surface area contributed by atoms with Crippen molar-refractivity contribution in [2.75, 3.05) is 6.61 Å². The second kappa shape index (κ2) is 4.31. The lowest BCUT2D eigenvalue weighted by molar-refractivity contribution is 0.282. The van der Waals surface area contributed by atoms with Crippen LogP contribution in [0.25, 0.3) is 0 Å². The number of ether oxygens (including phenoxy) is 1. The molecule has 0 amide bonds. The number of fused-ring (bicyclic) bond motifs is 1. The van der Waals surface area contributed by atoms with Gasteiger partial charge in [-0.1, -0.05) is 36.2 Å². The smallest absolute Gasteiger partial charge is 0.246 e. The Balaban J connectivity index is 1.66. The minimum Gasteiger partial charge on any atom is -0.492 e. The summed E-state index contributed by atoms with van der Waals surface area (Å²) >= 11 is 0. The Morgan fingerprint density at radius 1 is 1.20 bits per heavy atom. The second-order valence-electron chi connectivity index (χ2n) is 5.72. The summed E-state index contributed by atoms with van der Waals surface area (Å²) in [7, 11) is 0. The molecule has 0 bridgehead atoms. The van der Waals surface area contributed by atoms with Gasteiger partial charge in [0.25, 0.3) is 0 Å². The predicted molar refractivity (Wildman–Crippen MR) is 72.4 cm³/mol. The number of benzene rings is 1. The SMILES string of the molecule is NC1(c2nc(C3COc4ccccc43)no2)CCCC1. The lowest BCUT2D eigenvalue weighted by Crippen LogP contribution is -2.33. The maximum atomic E-state index is 6.36. The number of hydrogen-bond donors (Lipinski definition) is 1. The van der Waals surface area contributed by atoms with E-state index < -0.39 is 5.54 Å². The van der Waals surface area contributed by atoms with Crippen LogP contribution in [0.1, 0.15) is 48.9 Å². The molecular weight excluding hydrogens is 254 g/mol. The molecule has 1 fully saturated rings. The van der Waals surface area contributed by atoms with Crippen molar-refractivity contribution in [2.24, 2.45) is 5.73 Å². The average Bonchev–Trinajstić information content (AvgIpc) is 3.16. The van der Waals surface area contributed by atoms with Crippen LogP contribution in [0.2, 0.25) is 0 Å². The Morgan fingerprint density at radius 3 is 2.85 bits per heavy atom. The highest BCUT2D eigenvalue weighted by Gasteiger charge is 2.38. The third-order valence-electron chi connectivity index (χ3n) is 4.38. The van der Waals surface area contributed by atoms with E-state index in [1.165, 1.54) is 0 Å². The molecule has 1 aromatic carbocycles. The minimum absolute atomic E-state index is 0.0497.